The first-order valence-corrected chi connectivity index (χ1v) is 9.79. The molecule has 164 valence electrons. The Morgan fingerprint density at radius 3 is 2.56 bits per heavy atom. The molecule has 0 spiro atoms. The van der Waals surface area contributed by atoms with Gasteiger partial charge in [-0.2, -0.15) is 5.26 Å². The minimum Gasteiger partial charge on any atom is -0.457 e. The van der Waals surface area contributed by atoms with Crippen molar-refractivity contribution in [2.45, 2.75) is 20.8 Å². The van der Waals surface area contributed by atoms with Crippen molar-refractivity contribution in [2.75, 3.05) is 19.1 Å². The highest BCUT2D eigenvalue weighted by Gasteiger charge is 2.34. The zero-order valence-corrected chi connectivity index (χ0v) is 18.3. The predicted octanol–water partition coefficient (Wildman–Crippen LogP) is 4.25. The van der Waals surface area contributed by atoms with Crippen LogP contribution in [0, 0.1) is 25.2 Å². The number of hydrogen-bond acceptors (Lipinski definition) is 7. The van der Waals surface area contributed by atoms with E-state index in [1.54, 1.807) is 19.1 Å². The lowest BCUT2D eigenvalue weighted by Gasteiger charge is -2.26. The molecule has 1 N–H and O–H groups in total. The highest BCUT2D eigenvalue weighted by atomic mass is 17.3. The molecule has 0 fully saturated rings. The molecule has 1 aromatic carbocycles. The number of furan rings is 1. The molecule has 1 aliphatic heterocycles. The first-order chi connectivity index (χ1) is 15.3. The van der Waals surface area contributed by atoms with Gasteiger partial charge in [-0.25, -0.2) is 10.4 Å². The summed E-state index contributed by atoms with van der Waals surface area (Å²) in [7, 11) is 1.39. The molecule has 0 aliphatic carbocycles. The molecule has 0 saturated carbocycles. The van der Waals surface area contributed by atoms with Crippen LogP contribution in [0.25, 0.3) is 17.4 Å². The maximum Gasteiger partial charge on any atom is 0.271 e. The first-order valence-electron chi connectivity index (χ1n) is 9.79. The van der Waals surface area contributed by atoms with Gasteiger partial charge in [-0.15, -0.1) is 11.6 Å². The van der Waals surface area contributed by atoms with E-state index in [1.165, 1.54) is 19.3 Å². The van der Waals surface area contributed by atoms with E-state index >= 15 is 0 Å². The molecule has 1 aromatic heterocycles. The summed E-state index contributed by atoms with van der Waals surface area (Å²) < 4.78 is 5.98. The molecule has 0 atom stereocenters. The van der Waals surface area contributed by atoms with Gasteiger partial charge in [0.05, 0.1) is 12.8 Å². The van der Waals surface area contributed by atoms with Crippen LogP contribution >= 0.6 is 0 Å². The van der Waals surface area contributed by atoms with Crippen molar-refractivity contribution in [3.05, 3.63) is 70.5 Å². The lowest BCUT2D eigenvalue weighted by atomic mass is 9.94. The normalized spacial score (nSPS) is 15.3. The average Bonchev–Trinajstić information content (AvgIpc) is 3.23. The summed E-state index contributed by atoms with van der Waals surface area (Å²) in [6.45, 7) is 9.11. The number of rotatable bonds is 7. The van der Waals surface area contributed by atoms with Gasteiger partial charge in [-0.1, -0.05) is 6.08 Å². The SMILES string of the molecule is C=CCN1C(=O)C(C#N)=C(C)/C(=C\c2ccc(-c3cc(C)c(C)cc3NOOC)o2)C1=O. The average molecular weight is 433 g/mol. The molecule has 0 bridgehead atoms. The number of aryl methyl sites for hydroxylation is 2. The van der Waals surface area contributed by atoms with Crippen LogP contribution in [0.2, 0.25) is 0 Å². The van der Waals surface area contributed by atoms with Gasteiger partial charge >= 0.3 is 0 Å². The van der Waals surface area contributed by atoms with Crippen LogP contribution in [0.5, 0.6) is 0 Å². The molecule has 2 heterocycles. The Kier molecular flexibility index (Phi) is 6.73. The fraction of sp³-hybridized carbons (Fsp3) is 0.208. The summed E-state index contributed by atoms with van der Waals surface area (Å²) in [5, 5.41) is 9.42. The lowest BCUT2D eigenvalue weighted by Crippen LogP contribution is -2.42. The molecule has 0 saturated heterocycles. The van der Waals surface area contributed by atoms with E-state index in [9.17, 15) is 14.9 Å². The van der Waals surface area contributed by atoms with E-state index in [4.69, 9.17) is 9.41 Å². The summed E-state index contributed by atoms with van der Waals surface area (Å²) in [6, 6.07) is 9.21. The minimum atomic E-state index is -0.629. The van der Waals surface area contributed by atoms with Gasteiger partial charge in [0.1, 0.15) is 23.2 Å². The van der Waals surface area contributed by atoms with Gasteiger partial charge in [0.25, 0.3) is 11.8 Å². The molecule has 2 amide bonds. The monoisotopic (exact) mass is 433 g/mol. The summed E-state index contributed by atoms with van der Waals surface area (Å²) in [5.74, 6) is -0.209. The van der Waals surface area contributed by atoms with Gasteiger partial charge < -0.3 is 4.42 Å². The summed E-state index contributed by atoms with van der Waals surface area (Å²) >= 11 is 0. The van der Waals surface area contributed by atoms with Crippen LogP contribution in [-0.4, -0.2) is 30.4 Å². The van der Waals surface area contributed by atoms with Crippen molar-refractivity contribution in [1.82, 2.24) is 4.90 Å². The van der Waals surface area contributed by atoms with E-state index < -0.39 is 11.8 Å². The summed E-state index contributed by atoms with van der Waals surface area (Å²) in [5.41, 5.74) is 6.64. The Balaban J connectivity index is 2.05. The number of imide groups is 1. The molecule has 8 heteroatoms. The molecule has 3 rings (SSSR count). The first kappa shape index (κ1) is 22.7. The van der Waals surface area contributed by atoms with Gasteiger partial charge in [-0.05, 0) is 67.8 Å². The van der Waals surface area contributed by atoms with Crippen molar-refractivity contribution in [1.29, 1.82) is 5.26 Å². The number of hydrogen-bond donors (Lipinski definition) is 1. The number of benzene rings is 1. The minimum absolute atomic E-state index is 0.00798. The third kappa shape index (κ3) is 4.25. The van der Waals surface area contributed by atoms with Gasteiger partial charge in [-0.3, -0.25) is 14.5 Å². The summed E-state index contributed by atoms with van der Waals surface area (Å²) in [6.07, 6.45) is 2.96. The molecule has 0 radical (unpaired) electrons. The van der Waals surface area contributed by atoms with Crippen molar-refractivity contribution >= 4 is 23.6 Å². The Hall–Kier alpha value is -3.93. The van der Waals surface area contributed by atoms with Crippen LogP contribution in [0.4, 0.5) is 5.69 Å². The predicted molar refractivity (Wildman–Crippen MR) is 119 cm³/mol. The second-order valence-corrected chi connectivity index (χ2v) is 7.22. The maximum atomic E-state index is 12.9. The van der Waals surface area contributed by atoms with Crippen molar-refractivity contribution < 1.29 is 23.9 Å². The van der Waals surface area contributed by atoms with E-state index in [-0.39, 0.29) is 17.7 Å². The van der Waals surface area contributed by atoms with E-state index in [0.717, 1.165) is 21.6 Å². The number of nitrogens with zero attached hydrogens (tertiary/aromatic N) is 2. The zero-order valence-electron chi connectivity index (χ0n) is 18.3. The Labute approximate surface area is 185 Å². The zero-order chi connectivity index (χ0) is 23.4. The number of carbonyl (C=O) groups is 2. The molecule has 1 aliphatic rings. The highest BCUT2D eigenvalue weighted by molar-refractivity contribution is 6.19. The topological polar surface area (TPSA) is 105 Å². The van der Waals surface area contributed by atoms with Crippen molar-refractivity contribution in [2.24, 2.45) is 0 Å². The van der Waals surface area contributed by atoms with E-state index in [2.05, 4.69) is 16.9 Å². The third-order valence-corrected chi connectivity index (χ3v) is 5.18. The van der Waals surface area contributed by atoms with Crippen molar-refractivity contribution in [3.63, 3.8) is 0 Å². The Morgan fingerprint density at radius 2 is 1.91 bits per heavy atom. The Bertz CT molecular complexity index is 1200. The van der Waals surface area contributed by atoms with Crippen LogP contribution in [-0.2, 0) is 19.5 Å². The number of anilines is 1. The number of carbonyl (C=O) groups excluding carboxylic acids is 2. The van der Waals surface area contributed by atoms with Gasteiger partial charge in [0, 0.05) is 17.7 Å². The Morgan fingerprint density at radius 1 is 1.19 bits per heavy atom. The van der Waals surface area contributed by atoms with Crippen LogP contribution in [0.1, 0.15) is 23.8 Å². The standard InChI is InChI=1S/C24H23N3O5/c1-6-9-27-23(28)18(16(4)20(13-25)24(27)29)12-17-7-8-22(31-17)19-10-14(2)15(3)11-21(19)26-32-30-5/h6-8,10-12,26H,1,9H2,2-5H3/b18-12+. The molecular formula is C24H23N3O5. The number of nitriles is 1. The van der Waals surface area contributed by atoms with Gasteiger partial charge in [0.15, 0.2) is 0 Å². The molecule has 2 aromatic rings. The van der Waals surface area contributed by atoms with Crippen molar-refractivity contribution in [3.8, 4) is 17.4 Å². The quantitative estimate of drug-likeness (QED) is 0.229. The fourth-order valence-corrected chi connectivity index (χ4v) is 3.33. The van der Waals surface area contributed by atoms with Crippen LogP contribution < -0.4 is 5.48 Å². The number of nitrogens with one attached hydrogen (secondary N) is 1. The van der Waals surface area contributed by atoms with Crippen LogP contribution in [0.3, 0.4) is 0 Å². The molecule has 0 unspecified atom stereocenters. The maximum absolute atomic E-state index is 12.9. The highest BCUT2D eigenvalue weighted by Crippen LogP contribution is 2.34. The number of amides is 2. The third-order valence-electron chi connectivity index (χ3n) is 5.18. The van der Waals surface area contributed by atoms with E-state index in [0.29, 0.717) is 22.8 Å². The molecular weight excluding hydrogens is 410 g/mol. The molecule has 8 nitrogen and oxygen atoms in total. The van der Waals surface area contributed by atoms with Gasteiger partial charge in [0.2, 0.25) is 0 Å². The van der Waals surface area contributed by atoms with Crippen LogP contribution in [0.15, 0.2) is 58.1 Å². The summed E-state index contributed by atoms with van der Waals surface area (Å²) in [4.78, 5) is 35.8. The second kappa shape index (κ2) is 9.47. The fourth-order valence-electron chi connectivity index (χ4n) is 3.33. The largest absolute Gasteiger partial charge is 0.457 e. The smallest absolute Gasteiger partial charge is 0.271 e. The van der Waals surface area contributed by atoms with E-state index in [1.807, 2.05) is 32.0 Å². The molecule has 32 heavy (non-hydrogen) atoms. The lowest BCUT2D eigenvalue weighted by molar-refractivity contribution is -0.248. The second-order valence-electron chi connectivity index (χ2n) is 7.22.